The molecule has 0 aromatic carbocycles. The fourth-order valence-corrected chi connectivity index (χ4v) is 3.14. The van der Waals surface area contributed by atoms with Crippen LogP contribution in [0.4, 0.5) is 0 Å². The van der Waals surface area contributed by atoms with Crippen LogP contribution >= 0.6 is 0 Å². The summed E-state index contributed by atoms with van der Waals surface area (Å²) in [6.45, 7) is 4.24. The number of Topliss-reactive ketones (excluding diaryl/α,β-unsaturated/α-hetero) is 1. The summed E-state index contributed by atoms with van der Waals surface area (Å²) in [7, 11) is 0. The zero-order valence-electron chi connectivity index (χ0n) is 8.36. The molecule has 2 saturated carbocycles. The minimum atomic E-state index is -0.237. The topological polar surface area (TPSA) is 37.3 Å². The van der Waals surface area contributed by atoms with Gasteiger partial charge in [-0.05, 0) is 30.6 Å². The van der Waals surface area contributed by atoms with Crippen LogP contribution in [0.15, 0.2) is 0 Å². The predicted molar refractivity (Wildman–Crippen MR) is 50.2 cm³/mol. The third-order valence-corrected chi connectivity index (χ3v) is 4.10. The lowest BCUT2D eigenvalue weighted by Crippen LogP contribution is -2.33. The third-order valence-electron chi connectivity index (χ3n) is 4.10. The lowest BCUT2D eigenvalue weighted by Gasteiger charge is -2.31. The monoisotopic (exact) mass is 182 g/mol. The van der Waals surface area contributed by atoms with Crippen molar-refractivity contribution in [1.82, 2.24) is 0 Å². The van der Waals surface area contributed by atoms with Gasteiger partial charge in [0, 0.05) is 12.3 Å². The highest BCUT2D eigenvalue weighted by Crippen LogP contribution is 2.46. The number of aliphatic hydroxyl groups excluding tert-OH is 1. The largest absolute Gasteiger partial charge is 0.393 e. The molecule has 0 aliphatic heterocycles. The lowest BCUT2D eigenvalue weighted by atomic mass is 9.72. The molecule has 0 aromatic rings. The summed E-state index contributed by atoms with van der Waals surface area (Å²) < 4.78 is 0. The molecular formula is C11H18O2. The summed E-state index contributed by atoms with van der Waals surface area (Å²) in [5.41, 5.74) is 0. The van der Waals surface area contributed by atoms with E-state index < -0.39 is 0 Å². The van der Waals surface area contributed by atoms with E-state index in [2.05, 4.69) is 6.92 Å². The highest BCUT2D eigenvalue weighted by atomic mass is 16.3. The SMILES string of the molecule is C[C@@H]1[C@H]2C(=O)CC[C@H](C)[C@@H]2C[C@@H]1O. The fourth-order valence-electron chi connectivity index (χ4n) is 3.14. The Balaban J connectivity index is 2.22. The van der Waals surface area contributed by atoms with E-state index in [1.165, 1.54) is 0 Å². The van der Waals surface area contributed by atoms with E-state index in [1.54, 1.807) is 0 Å². The van der Waals surface area contributed by atoms with Gasteiger partial charge in [-0.1, -0.05) is 13.8 Å². The van der Waals surface area contributed by atoms with Gasteiger partial charge in [-0.2, -0.15) is 0 Å². The smallest absolute Gasteiger partial charge is 0.136 e. The van der Waals surface area contributed by atoms with Gasteiger partial charge in [-0.25, -0.2) is 0 Å². The van der Waals surface area contributed by atoms with Crippen molar-refractivity contribution in [1.29, 1.82) is 0 Å². The number of hydrogen-bond acceptors (Lipinski definition) is 2. The van der Waals surface area contributed by atoms with Gasteiger partial charge < -0.3 is 5.11 Å². The van der Waals surface area contributed by atoms with Crippen LogP contribution in [0.3, 0.4) is 0 Å². The van der Waals surface area contributed by atoms with Crippen molar-refractivity contribution in [2.24, 2.45) is 23.7 Å². The molecule has 2 rings (SSSR count). The quantitative estimate of drug-likeness (QED) is 0.618. The Kier molecular flexibility index (Phi) is 2.18. The number of hydrogen-bond donors (Lipinski definition) is 1. The van der Waals surface area contributed by atoms with Crippen molar-refractivity contribution in [2.45, 2.75) is 39.2 Å². The van der Waals surface area contributed by atoms with Crippen LogP contribution in [0, 0.1) is 23.7 Å². The first-order valence-electron chi connectivity index (χ1n) is 5.32. The summed E-state index contributed by atoms with van der Waals surface area (Å²) in [4.78, 5) is 11.7. The molecule has 2 aliphatic carbocycles. The number of aliphatic hydroxyl groups is 1. The number of rotatable bonds is 0. The number of fused-ring (bicyclic) bond motifs is 1. The highest BCUT2D eigenvalue weighted by Gasteiger charge is 2.47. The summed E-state index contributed by atoms with van der Waals surface area (Å²) in [6.07, 6.45) is 2.37. The van der Waals surface area contributed by atoms with Crippen LogP contribution in [0.1, 0.15) is 33.1 Å². The zero-order chi connectivity index (χ0) is 9.59. The predicted octanol–water partition coefficient (Wildman–Crippen LogP) is 1.62. The standard InChI is InChI=1S/C11H18O2/c1-6-3-4-9(12)11-7(2)10(13)5-8(6)11/h6-8,10-11,13H,3-5H2,1-2H3/t6-,7-,8-,10-,11+/m0/s1. The van der Waals surface area contributed by atoms with E-state index in [0.29, 0.717) is 17.6 Å². The Morgan fingerprint density at radius 3 is 2.69 bits per heavy atom. The van der Waals surface area contributed by atoms with Crippen molar-refractivity contribution in [2.75, 3.05) is 0 Å². The third kappa shape index (κ3) is 1.32. The van der Waals surface area contributed by atoms with Gasteiger partial charge >= 0.3 is 0 Å². The van der Waals surface area contributed by atoms with Gasteiger partial charge in [-0.15, -0.1) is 0 Å². The molecule has 2 aliphatic rings. The van der Waals surface area contributed by atoms with Gasteiger partial charge in [0.2, 0.25) is 0 Å². The molecule has 0 bridgehead atoms. The molecule has 0 unspecified atom stereocenters. The second kappa shape index (κ2) is 3.09. The van der Waals surface area contributed by atoms with Crippen LogP contribution in [-0.4, -0.2) is 17.0 Å². The molecule has 0 spiro atoms. The maximum absolute atomic E-state index is 11.7. The van der Waals surface area contributed by atoms with E-state index >= 15 is 0 Å². The molecule has 0 amide bonds. The first-order valence-corrected chi connectivity index (χ1v) is 5.32. The second-order valence-corrected chi connectivity index (χ2v) is 4.83. The van der Waals surface area contributed by atoms with Crippen molar-refractivity contribution < 1.29 is 9.90 Å². The molecule has 2 fully saturated rings. The van der Waals surface area contributed by atoms with E-state index in [0.717, 1.165) is 19.3 Å². The normalized spacial score (nSPS) is 50.7. The molecule has 1 N–H and O–H groups in total. The second-order valence-electron chi connectivity index (χ2n) is 4.83. The Bertz CT molecular complexity index is 224. The molecule has 2 nitrogen and oxygen atoms in total. The molecule has 0 heterocycles. The molecule has 74 valence electrons. The Morgan fingerprint density at radius 2 is 2.08 bits per heavy atom. The summed E-state index contributed by atoms with van der Waals surface area (Å²) >= 11 is 0. The summed E-state index contributed by atoms with van der Waals surface area (Å²) in [6, 6.07) is 0. The van der Waals surface area contributed by atoms with Gasteiger partial charge in [0.1, 0.15) is 5.78 Å². The van der Waals surface area contributed by atoms with Gasteiger partial charge in [0.05, 0.1) is 6.10 Å². The molecule has 0 saturated heterocycles. The molecule has 0 aromatic heterocycles. The van der Waals surface area contributed by atoms with Gasteiger partial charge in [0.15, 0.2) is 0 Å². The molecule has 0 radical (unpaired) electrons. The first kappa shape index (κ1) is 9.20. The van der Waals surface area contributed by atoms with Crippen molar-refractivity contribution in [3.05, 3.63) is 0 Å². The minimum Gasteiger partial charge on any atom is -0.393 e. The Hall–Kier alpha value is -0.370. The number of carbonyl (C=O) groups excluding carboxylic acids is 1. The van der Waals surface area contributed by atoms with Crippen molar-refractivity contribution in [3.8, 4) is 0 Å². The molecular weight excluding hydrogens is 164 g/mol. The van der Waals surface area contributed by atoms with Crippen molar-refractivity contribution in [3.63, 3.8) is 0 Å². The first-order chi connectivity index (χ1) is 6.11. The van der Waals surface area contributed by atoms with Gasteiger partial charge in [0.25, 0.3) is 0 Å². The maximum atomic E-state index is 11.7. The number of ketones is 1. The Labute approximate surface area is 79.3 Å². The average Bonchev–Trinajstić information content (AvgIpc) is 2.38. The molecule has 5 atom stereocenters. The van der Waals surface area contributed by atoms with Gasteiger partial charge in [-0.3, -0.25) is 4.79 Å². The van der Waals surface area contributed by atoms with Crippen LogP contribution < -0.4 is 0 Å². The van der Waals surface area contributed by atoms with E-state index in [9.17, 15) is 9.90 Å². The molecule has 13 heavy (non-hydrogen) atoms. The van der Waals surface area contributed by atoms with E-state index in [1.807, 2.05) is 6.92 Å². The minimum absolute atomic E-state index is 0.166. The number of carbonyl (C=O) groups is 1. The van der Waals surface area contributed by atoms with Crippen molar-refractivity contribution >= 4 is 5.78 Å². The lowest BCUT2D eigenvalue weighted by molar-refractivity contribution is -0.128. The van der Waals surface area contributed by atoms with E-state index in [4.69, 9.17) is 0 Å². The fraction of sp³-hybridized carbons (Fsp3) is 0.909. The van der Waals surface area contributed by atoms with E-state index in [-0.39, 0.29) is 17.9 Å². The summed E-state index contributed by atoms with van der Waals surface area (Å²) in [5.74, 6) is 1.85. The maximum Gasteiger partial charge on any atom is 0.136 e. The average molecular weight is 182 g/mol. The van der Waals surface area contributed by atoms with Crippen LogP contribution in [-0.2, 0) is 4.79 Å². The summed E-state index contributed by atoms with van der Waals surface area (Å²) in [5, 5.41) is 9.71. The van der Waals surface area contributed by atoms with Crippen LogP contribution in [0.25, 0.3) is 0 Å². The highest BCUT2D eigenvalue weighted by molar-refractivity contribution is 5.82. The Morgan fingerprint density at radius 1 is 1.38 bits per heavy atom. The zero-order valence-corrected chi connectivity index (χ0v) is 8.36. The van der Waals surface area contributed by atoms with Crippen LogP contribution in [0.5, 0.6) is 0 Å². The molecule has 2 heteroatoms. The van der Waals surface area contributed by atoms with Crippen LogP contribution in [0.2, 0.25) is 0 Å².